The Morgan fingerprint density at radius 3 is 3.11 bits per heavy atom. The summed E-state index contributed by atoms with van der Waals surface area (Å²) in [6, 6.07) is 3.67. The Hall–Kier alpha value is -2.37. The van der Waals surface area contributed by atoms with Gasteiger partial charge >= 0.3 is 0 Å². The van der Waals surface area contributed by atoms with Crippen LogP contribution in [-0.4, -0.2) is 27.0 Å². The number of pyridine rings is 1. The first-order valence-corrected chi connectivity index (χ1v) is 5.63. The van der Waals surface area contributed by atoms with Crippen LogP contribution in [0.3, 0.4) is 0 Å². The molecule has 18 heavy (non-hydrogen) atoms. The van der Waals surface area contributed by atoms with Crippen molar-refractivity contribution in [2.24, 2.45) is 0 Å². The molecule has 94 valence electrons. The van der Waals surface area contributed by atoms with Gasteiger partial charge in [-0.15, -0.1) is 0 Å². The van der Waals surface area contributed by atoms with Crippen molar-refractivity contribution in [1.29, 1.82) is 0 Å². The third-order valence-electron chi connectivity index (χ3n) is 2.52. The number of imidazole rings is 1. The number of carbonyl (C=O) groups is 1. The van der Waals surface area contributed by atoms with E-state index in [-0.39, 0.29) is 5.91 Å². The van der Waals surface area contributed by atoms with E-state index in [4.69, 9.17) is 5.73 Å². The molecule has 0 spiro atoms. The molecule has 0 saturated carbocycles. The third kappa shape index (κ3) is 2.85. The van der Waals surface area contributed by atoms with E-state index < -0.39 is 0 Å². The fraction of sp³-hybridized carbons (Fsp3) is 0.250. The lowest BCUT2D eigenvalue weighted by Crippen LogP contribution is -2.24. The lowest BCUT2D eigenvalue weighted by atomic mass is 10.2. The van der Waals surface area contributed by atoms with E-state index >= 15 is 0 Å². The highest BCUT2D eigenvalue weighted by atomic mass is 16.1. The smallest absolute Gasteiger partial charge is 0.216 e. The first-order valence-electron chi connectivity index (χ1n) is 5.63. The van der Waals surface area contributed by atoms with Crippen molar-refractivity contribution in [1.82, 2.24) is 19.9 Å². The summed E-state index contributed by atoms with van der Waals surface area (Å²) in [7, 11) is 0. The monoisotopic (exact) mass is 245 g/mol. The zero-order valence-corrected chi connectivity index (χ0v) is 10.1. The van der Waals surface area contributed by atoms with E-state index in [1.54, 1.807) is 24.8 Å². The number of rotatable bonds is 4. The summed E-state index contributed by atoms with van der Waals surface area (Å²) in [4.78, 5) is 18.9. The van der Waals surface area contributed by atoms with E-state index in [1.165, 1.54) is 6.92 Å². The summed E-state index contributed by atoms with van der Waals surface area (Å²) in [5.74, 6) is 0.437. The van der Waals surface area contributed by atoms with Gasteiger partial charge < -0.3 is 15.6 Å². The predicted molar refractivity (Wildman–Crippen MR) is 68.6 cm³/mol. The zero-order valence-electron chi connectivity index (χ0n) is 10.1. The van der Waals surface area contributed by atoms with Crippen LogP contribution < -0.4 is 11.1 Å². The van der Waals surface area contributed by atoms with Crippen LogP contribution in [0, 0.1) is 0 Å². The molecule has 1 amide bonds. The molecule has 0 aromatic carbocycles. The number of nitrogen functional groups attached to an aromatic ring is 1. The normalized spacial score (nSPS) is 10.3. The van der Waals surface area contributed by atoms with Gasteiger partial charge in [0.15, 0.2) is 0 Å². The Balaban J connectivity index is 2.15. The molecular weight excluding hydrogens is 230 g/mol. The van der Waals surface area contributed by atoms with Gasteiger partial charge in [0, 0.05) is 31.8 Å². The molecule has 2 heterocycles. The van der Waals surface area contributed by atoms with E-state index in [0.29, 0.717) is 18.9 Å². The summed E-state index contributed by atoms with van der Waals surface area (Å²) in [6.07, 6.45) is 5.16. The number of hydrogen-bond acceptors (Lipinski definition) is 4. The maximum Gasteiger partial charge on any atom is 0.216 e. The molecular formula is C12H15N5O. The van der Waals surface area contributed by atoms with Crippen LogP contribution in [0.25, 0.3) is 11.3 Å². The van der Waals surface area contributed by atoms with Crippen molar-refractivity contribution in [3.8, 4) is 11.3 Å². The van der Waals surface area contributed by atoms with Crippen LogP contribution in [0.5, 0.6) is 0 Å². The second-order valence-corrected chi connectivity index (χ2v) is 3.92. The van der Waals surface area contributed by atoms with Crippen LogP contribution in [0.15, 0.2) is 30.9 Å². The zero-order chi connectivity index (χ0) is 13.0. The number of carbonyl (C=O) groups excluding carboxylic acids is 1. The van der Waals surface area contributed by atoms with E-state index in [1.807, 2.05) is 10.6 Å². The molecule has 6 heteroatoms. The average Bonchev–Trinajstić information content (AvgIpc) is 2.77. The molecule has 0 aliphatic carbocycles. The quantitative estimate of drug-likeness (QED) is 0.828. The number of nitrogens with zero attached hydrogens (tertiary/aromatic N) is 3. The molecule has 0 radical (unpaired) electrons. The fourth-order valence-corrected chi connectivity index (χ4v) is 1.70. The summed E-state index contributed by atoms with van der Waals surface area (Å²) < 4.78 is 1.96. The van der Waals surface area contributed by atoms with Gasteiger partial charge in [-0.05, 0) is 12.1 Å². The Bertz CT molecular complexity index is 549. The Kier molecular flexibility index (Phi) is 3.57. The number of amides is 1. The van der Waals surface area contributed by atoms with Crippen molar-refractivity contribution in [3.05, 3.63) is 30.9 Å². The minimum atomic E-state index is -0.0372. The Morgan fingerprint density at radius 1 is 1.56 bits per heavy atom. The number of hydrogen-bond donors (Lipinski definition) is 2. The molecule has 3 N–H and O–H groups in total. The standard InChI is InChI=1S/C12H15N5O/c1-9(18)15-4-5-17-8-14-7-11(17)10-2-3-16-12(13)6-10/h2-3,6-8H,4-5H2,1H3,(H2,13,16)(H,15,18). The number of aromatic nitrogens is 3. The van der Waals surface area contributed by atoms with Crippen LogP contribution in [-0.2, 0) is 11.3 Å². The van der Waals surface area contributed by atoms with Crippen molar-refractivity contribution >= 4 is 11.7 Å². The minimum absolute atomic E-state index is 0.0372. The highest BCUT2D eigenvalue weighted by molar-refractivity contribution is 5.72. The molecule has 2 aromatic heterocycles. The lowest BCUT2D eigenvalue weighted by molar-refractivity contribution is -0.118. The van der Waals surface area contributed by atoms with Gasteiger partial charge in [0.2, 0.25) is 5.91 Å². The molecule has 0 fully saturated rings. The number of nitrogens with two attached hydrogens (primary N) is 1. The first-order chi connectivity index (χ1) is 8.66. The van der Waals surface area contributed by atoms with Gasteiger partial charge in [0.05, 0.1) is 18.2 Å². The van der Waals surface area contributed by atoms with E-state index in [0.717, 1.165) is 11.3 Å². The molecule has 0 unspecified atom stereocenters. The van der Waals surface area contributed by atoms with Crippen molar-refractivity contribution in [2.75, 3.05) is 12.3 Å². The summed E-state index contributed by atoms with van der Waals surface area (Å²) in [5, 5.41) is 2.75. The first kappa shape index (κ1) is 12.1. The number of anilines is 1. The minimum Gasteiger partial charge on any atom is -0.384 e. The summed E-state index contributed by atoms with van der Waals surface area (Å²) in [5.41, 5.74) is 7.57. The molecule has 2 rings (SSSR count). The molecule has 0 aliphatic rings. The van der Waals surface area contributed by atoms with Crippen LogP contribution >= 0.6 is 0 Å². The van der Waals surface area contributed by atoms with E-state index in [9.17, 15) is 4.79 Å². The maximum absolute atomic E-state index is 10.8. The summed E-state index contributed by atoms with van der Waals surface area (Å²) in [6.45, 7) is 2.73. The maximum atomic E-state index is 10.8. The van der Waals surface area contributed by atoms with Gasteiger partial charge in [-0.25, -0.2) is 9.97 Å². The number of nitrogens with one attached hydrogen (secondary N) is 1. The molecule has 0 atom stereocenters. The largest absolute Gasteiger partial charge is 0.384 e. The van der Waals surface area contributed by atoms with Crippen molar-refractivity contribution in [2.45, 2.75) is 13.5 Å². The topological polar surface area (TPSA) is 85.8 Å². The van der Waals surface area contributed by atoms with Gasteiger partial charge in [-0.3, -0.25) is 4.79 Å². The Morgan fingerprint density at radius 2 is 2.39 bits per heavy atom. The molecule has 6 nitrogen and oxygen atoms in total. The van der Waals surface area contributed by atoms with Gasteiger partial charge in [-0.1, -0.05) is 0 Å². The molecule has 2 aromatic rings. The van der Waals surface area contributed by atoms with Gasteiger partial charge in [-0.2, -0.15) is 0 Å². The Labute approximate surface area is 105 Å². The lowest BCUT2D eigenvalue weighted by Gasteiger charge is -2.08. The third-order valence-corrected chi connectivity index (χ3v) is 2.52. The van der Waals surface area contributed by atoms with E-state index in [2.05, 4.69) is 15.3 Å². The highest BCUT2D eigenvalue weighted by Gasteiger charge is 2.05. The molecule has 0 saturated heterocycles. The predicted octanol–water partition coefficient (Wildman–Crippen LogP) is 0.663. The SMILES string of the molecule is CC(=O)NCCn1cncc1-c1ccnc(N)c1. The van der Waals surface area contributed by atoms with Crippen LogP contribution in [0.2, 0.25) is 0 Å². The molecule has 0 aliphatic heterocycles. The van der Waals surface area contributed by atoms with Crippen molar-refractivity contribution in [3.63, 3.8) is 0 Å². The fourth-order valence-electron chi connectivity index (χ4n) is 1.70. The summed E-state index contributed by atoms with van der Waals surface area (Å²) >= 11 is 0. The molecule has 0 bridgehead atoms. The second-order valence-electron chi connectivity index (χ2n) is 3.92. The van der Waals surface area contributed by atoms with Crippen LogP contribution in [0.4, 0.5) is 5.82 Å². The highest BCUT2D eigenvalue weighted by Crippen LogP contribution is 2.19. The van der Waals surface area contributed by atoms with Crippen LogP contribution in [0.1, 0.15) is 6.92 Å². The average molecular weight is 245 g/mol. The van der Waals surface area contributed by atoms with Gasteiger partial charge in [0.1, 0.15) is 5.82 Å². The van der Waals surface area contributed by atoms with Gasteiger partial charge in [0.25, 0.3) is 0 Å². The van der Waals surface area contributed by atoms with Crippen molar-refractivity contribution < 1.29 is 4.79 Å². The second kappa shape index (κ2) is 5.31.